The van der Waals surface area contributed by atoms with Crippen molar-refractivity contribution in [3.05, 3.63) is 51.3 Å². The van der Waals surface area contributed by atoms with Crippen molar-refractivity contribution in [3.8, 4) is 5.75 Å². The number of fused-ring (bicyclic) bond motifs is 1. The van der Waals surface area contributed by atoms with Gasteiger partial charge in [0.2, 0.25) is 5.82 Å². The molecule has 0 spiro atoms. The van der Waals surface area contributed by atoms with Gasteiger partial charge in [-0.25, -0.2) is 4.39 Å². The molecule has 0 bridgehead atoms. The van der Waals surface area contributed by atoms with E-state index >= 15 is 0 Å². The van der Waals surface area contributed by atoms with Gasteiger partial charge in [-0.2, -0.15) is 9.38 Å². The van der Waals surface area contributed by atoms with Crippen LogP contribution in [0.4, 0.5) is 16.0 Å². The average molecular weight is 308 g/mol. The Morgan fingerprint density at radius 2 is 2.33 bits per heavy atom. The lowest BCUT2D eigenvalue weighted by molar-refractivity contribution is -0.389. The molecule has 0 fully saturated rings. The van der Waals surface area contributed by atoms with Crippen molar-refractivity contribution in [2.45, 2.75) is 6.54 Å². The molecule has 0 aliphatic rings. The van der Waals surface area contributed by atoms with Gasteiger partial charge < -0.3 is 20.5 Å². The number of thiazole rings is 1. The third kappa shape index (κ3) is 2.38. The van der Waals surface area contributed by atoms with E-state index in [0.29, 0.717) is 10.5 Å². The minimum Gasteiger partial charge on any atom is -0.505 e. The minimum absolute atomic E-state index is 0.125. The van der Waals surface area contributed by atoms with E-state index in [-0.39, 0.29) is 18.2 Å². The zero-order chi connectivity index (χ0) is 15.0. The van der Waals surface area contributed by atoms with Gasteiger partial charge in [0.05, 0.1) is 0 Å². The first-order valence-corrected chi connectivity index (χ1v) is 6.75. The summed E-state index contributed by atoms with van der Waals surface area (Å²) >= 11 is 1.28. The Balaban J connectivity index is 1.87. The molecule has 0 saturated carbocycles. The number of aromatic nitrogens is 2. The van der Waals surface area contributed by atoms with Gasteiger partial charge in [-0.1, -0.05) is 17.4 Å². The summed E-state index contributed by atoms with van der Waals surface area (Å²) in [6, 6.07) is 3.91. The summed E-state index contributed by atoms with van der Waals surface area (Å²) in [4.78, 5) is 15.2. The second-order valence-corrected chi connectivity index (χ2v) is 5.11. The number of anilines is 1. The van der Waals surface area contributed by atoms with E-state index in [0.717, 1.165) is 6.07 Å². The van der Waals surface area contributed by atoms with Crippen LogP contribution in [0.2, 0.25) is 0 Å². The highest BCUT2D eigenvalue weighted by Gasteiger charge is 2.23. The van der Waals surface area contributed by atoms with Gasteiger partial charge in [0.25, 0.3) is 4.96 Å². The normalized spacial score (nSPS) is 10.9. The highest BCUT2D eigenvalue weighted by molar-refractivity contribution is 7.15. The van der Waals surface area contributed by atoms with Crippen molar-refractivity contribution >= 4 is 27.9 Å². The zero-order valence-corrected chi connectivity index (χ0v) is 11.3. The number of imidazole rings is 1. The third-order valence-electron chi connectivity index (χ3n) is 2.88. The molecule has 1 aromatic carbocycles. The van der Waals surface area contributed by atoms with Crippen LogP contribution in [0.3, 0.4) is 0 Å². The van der Waals surface area contributed by atoms with Crippen molar-refractivity contribution in [2.75, 3.05) is 5.32 Å². The number of nitro groups is 1. The van der Waals surface area contributed by atoms with E-state index in [1.807, 2.05) is 0 Å². The number of aromatic hydroxyl groups is 1. The van der Waals surface area contributed by atoms with Gasteiger partial charge in [0.1, 0.15) is 6.20 Å². The second kappa shape index (κ2) is 5.02. The maximum atomic E-state index is 13.2. The van der Waals surface area contributed by atoms with Crippen LogP contribution < -0.4 is 5.32 Å². The van der Waals surface area contributed by atoms with Crippen molar-refractivity contribution in [1.82, 2.24) is 9.38 Å². The van der Waals surface area contributed by atoms with Gasteiger partial charge >= 0.3 is 5.82 Å². The summed E-state index contributed by atoms with van der Waals surface area (Å²) in [6.45, 7) is 0.156. The topological polar surface area (TPSA) is 92.7 Å². The van der Waals surface area contributed by atoms with E-state index in [1.165, 1.54) is 27.9 Å². The summed E-state index contributed by atoms with van der Waals surface area (Å²) in [5.74, 6) is -1.22. The van der Waals surface area contributed by atoms with Crippen LogP contribution in [0, 0.1) is 15.9 Å². The summed E-state index contributed by atoms with van der Waals surface area (Å²) in [7, 11) is 0. The zero-order valence-electron chi connectivity index (χ0n) is 10.5. The van der Waals surface area contributed by atoms with E-state index in [2.05, 4.69) is 10.3 Å². The number of hydrogen-bond acceptors (Lipinski definition) is 6. The van der Waals surface area contributed by atoms with Crippen LogP contribution in [-0.4, -0.2) is 19.4 Å². The first-order chi connectivity index (χ1) is 10.1. The quantitative estimate of drug-likeness (QED) is 0.571. The number of rotatable bonds is 4. The Labute approximate surface area is 121 Å². The second-order valence-electron chi connectivity index (χ2n) is 4.24. The lowest BCUT2D eigenvalue weighted by Gasteiger charge is -2.04. The molecule has 0 amide bonds. The molecule has 21 heavy (non-hydrogen) atoms. The minimum atomic E-state index is -0.741. The van der Waals surface area contributed by atoms with E-state index in [1.54, 1.807) is 11.6 Å². The van der Waals surface area contributed by atoms with Crippen LogP contribution >= 0.6 is 11.3 Å². The van der Waals surface area contributed by atoms with Gasteiger partial charge in [0.15, 0.2) is 11.6 Å². The van der Waals surface area contributed by atoms with Crippen LogP contribution in [0.5, 0.6) is 5.75 Å². The number of hydrogen-bond donors (Lipinski definition) is 2. The van der Waals surface area contributed by atoms with Crippen LogP contribution in [0.1, 0.15) is 5.56 Å². The van der Waals surface area contributed by atoms with E-state index in [9.17, 15) is 14.5 Å². The average Bonchev–Trinajstić information content (AvgIpc) is 2.99. The number of nitrogens with zero attached hydrogens (tertiary/aromatic N) is 3. The molecule has 0 atom stereocenters. The highest BCUT2D eigenvalue weighted by atomic mass is 32.1. The number of halogens is 1. The van der Waals surface area contributed by atoms with Crippen molar-refractivity contribution < 1.29 is 14.4 Å². The standard InChI is InChI=1S/C12H9FN4O3S/c13-8-5-7(1-2-9(8)18)6-14-10-11(17(19)20)16-3-4-21-12(16)15-10/h1-5,14,18H,6H2. The Hall–Kier alpha value is -2.68. The molecule has 3 aromatic rings. The third-order valence-corrected chi connectivity index (χ3v) is 3.64. The molecule has 108 valence electrons. The van der Waals surface area contributed by atoms with Gasteiger partial charge in [-0.15, -0.1) is 0 Å². The molecule has 9 heteroatoms. The molecule has 0 saturated heterocycles. The summed E-state index contributed by atoms with van der Waals surface area (Å²) in [5, 5.41) is 24.8. The Morgan fingerprint density at radius 1 is 1.52 bits per heavy atom. The molecule has 0 aliphatic heterocycles. The van der Waals surface area contributed by atoms with Crippen LogP contribution in [-0.2, 0) is 6.54 Å². The molecule has 3 rings (SSSR count). The molecule has 2 N–H and O–H groups in total. The maximum Gasteiger partial charge on any atom is 0.372 e. The fraction of sp³-hybridized carbons (Fsp3) is 0.0833. The van der Waals surface area contributed by atoms with Crippen LogP contribution in [0.25, 0.3) is 4.96 Å². The van der Waals surface area contributed by atoms with Gasteiger partial charge in [-0.05, 0) is 22.6 Å². The van der Waals surface area contributed by atoms with Crippen LogP contribution in [0.15, 0.2) is 29.8 Å². The first kappa shape index (κ1) is 13.3. The Bertz CT molecular complexity index is 829. The smallest absolute Gasteiger partial charge is 0.372 e. The first-order valence-electron chi connectivity index (χ1n) is 5.87. The molecule has 0 aliphatic carbocycles. The number of phenolic OH excluding ortho intramolecular Hbond substituents is 1. The summed E-state index contributed by atoms with van der Waals surface area (Å²) < 4.78 is 14.6. The predicted octanol–water partition coefficient (Wildman–Crippen LogP) is 2.76. The number of benzene rings is 1. The Morgan fingerprint density at radius 3 is 3.05 bits per heavy atom. The summed E-state index contributed by atoms with van der Waals surface area (Å²) in [5.41, 5.74) is 0.538. The Kier molecular flexibility index (Phi) is 3.18. The monoisotopic (exact) mass is 308 g/mol. The largest absolute Gasteiger partial charge is 0.505 e. The van der Waals surface area contributed by atoms with Crippen molar-refractivity contribution in [1.29, 1.82) is 0 Å². The summed E-state index contributed by atoms with van der Waals surface area (Å²) in [6.07, 6.45) is 1.57. The SMILES string of the molecule is O=[N+]([O-])c1c(NCc2ccc(O)c(F)c2)nc2sccn12. The van der Waals surface area contributed by atoms with E-state index in [4.69, 9.17) is 5.11 Å². The molecule has 2 heterocycles. The molecule has 2 aromatic heterocycles. The van der Waals surface area contributed by atoms with E-state index < -0.39 is 16.5 Å². The fourth-order valence-corrected chi connectivity index (χ4v) is 2.62. The van der Waals surface area contributed by atoms with Gasteiger partial charge in [0, 0.05) is 11.9 Å². The molecular weight excluding hydrogens is 299 g/mol. The van der Waals surface area contributed by atoms with Gasteiger partial charge in [-0.3, -0.25) is 0 Å². The predicted molar refractivity (Wildman–Crippen MR) is 75.1 cm³/mol. The highest BCUT2D eigenvalue weighted by Crippen LogP contribution is 2.28. The molecule has 0 radical (unpaired) electrons. The number of nitrogens with one attached hydrogen (secondary N) is 1. The van der Waals surface area contributed by atoms with Crippen molar-refractivity contribution in [3.63, 3.8) is 0 Å². The lowest BCUT2D eigenvalue weighted by atomic mass is 10.2. The number of phenols is 1. The fourth-order valence-electron chi connectivity index (χ4n) is 1.91. The molecular formula is C12H9FN4O3S. The maximum absolute atomic E-state index is 13.2. The van der Waals surface area contributed by atoms with Crippen molar-refractivity contribution in [2.24, 2.45) is 0 Å². The molecule has 0 unspecified atom stereocenters. The molecule has 7 nitrogen and oxygen atoms in total. The lowest BCUT2D eigenvalue weighted by Crippen LogP contribution is -2.03.